The number of hydrogen-bond acceptors (Lipinski definition) is 4. The van der Waals surface area contributed by atoms with E-state index in [1.54, 1.807) is 4.90 Å². The summed E-state index contributed by atoms with van der Waals surface area (Å²) in [4.78, 5) is 13.7. The lowest BCUT2D eigenvalue weighted by Crippen LogP contribution is -2.40. The average molecular weight is 271 g/mol. The van der Waals surface area contributed by atoms with Gasteiger partial charge in [-0.1, -0.05) is 0 Å². The van der Waals surface area contributed by atoms with Crippen molar-refractivity contribution in [1.82, 2.24) is 4.90 Å². The zero-order chi connectivity index (χ0) is 13.9. The summed E-state index contributed by atoms with van der Waals surface area (Å²) in [6, 6.07) is 0. The van der Waals surface area contributed by atoms with Crippen molar-refractivity contribution < 1.29 is 19.7 Å². The normalized spacial score (nSPS) is 22.6. The quantitative estimate of drug-likeness (QED) is 0.792. The largest absolute Gasteiger partial charge is 0.443 e. The summed E-state index contributed by atoms with van der Waals surface area (Å²) in [6.45, 7) is 3.51. The lowest BCUT2D eigenvalue weighted by Gasteiger charge is -2.33. The Hall–Kier alpha value is -0.810. The second kappa shape index (κ2) is 6.09. The summed E-state index contributed by atoms with van der Waals surface area (Å²) in [5, 5.41) is 18.2. The molecule has 1 saturated carbocycles. The van der Waals surface area contributed by atoms with Crippen molar-refractivity contribution in [2.75, 3.05) is 26.3 Å². The first-order valence-electron chi connectivity index (χ1n) is 7.26. The van der Waals surface area contributed by atoms with Gasteiger partial charge in [0.2, 0.25) is 0 Å². The fraction of sp³-hybridized carbons (Fsp3) is 0.929. The van der Waals surface area contributed by atoms with Gasteiger partial charge in [0.05, 0.1) is 0 Å². The third-order valence-corrected chi connectivity index (χ3v) is 4.34. The van der Waals surface area contributed by atoms with Crippen LogP contribution >= 0.6 is 0 Å². The van der Waals surface area contributed by atoms with E-state index in [9.17, 15) is 4.79 Å². The van der Waals surface area contributed by atoms with E-state index in [2.05, 4.69) is 0 Å². The molecule has 1 amide bonds. The third kappa shape index (κ3) is 4.08. The Morgan fingerprint density at radius 2 is 1.89 bits per heavy atom. The minimum Gasteiger partial charge on any atom is -0.443 e. The average Bonchev–Trinajstić information content (AvgIpc) is 3.14. The molecule has 2 rings (SSSR count). The first-order chi connectivity index (χ1) is 9.06. The minimum absolute atomic E-state index is 0.0196. The van der Waals surface area contributed by atoms with Gasteiger partial charge < -0.3 is 19.8 Å². The Morgan fingerprint density at radius 3 is 2.37 bits per heavy atom. The molecule has 110 valence electrons. The van der Waals surface area contributed by atoms with Crippen LogP contribution in [0.4, 0.5) is 4.79 Å². The molecule has 1 saturated heterocycles. The summed E-state index contributed by atoms with van der Waals surface area (Å²) < 4.78 is 5.45. The van der Waals surface area contributed by atoms with Gasteiger partial charge in [0.25, 0.3) is 0 Å². The third-order valence-electron chi connectivity index (χ3n) is 4.34. The van der Waals surface area contributed by atoms with Crippen LogP contribution in [0.1, 0.15) is 39.0 Å². The molecular weight excluding hydrogens is 246 g/mol. The lowest BCUT2D eigenvalue weighted by atomic mass is 9.88. The van der Waals surface area contributed by atoms with Crippen LogP contribution in [0.5, 0.6) is 0 Å². The highest BCUT2D eigenvalue weighted by molar-refractivity contribution is 5.68. The predicted molar refractivity (Wildman–Crippen MR) is 70.7 cm³/mol. The molecule has 2 fully saturated rings. The van der Waals surface area contributed by atoms with E-state index in [1.807, 2.05) is 6.92 Å². The van der Waals surface area contributed by atoms with Crippen molar-refractivity contribution in [2.24, 2.45) is 11.8 Å². The molecule has 0 bridgehead atoms. The van der Waals surface area contributed by atoms with E-state index in [1.165, 1.54) is 0 Å². The van der Waals surface area contributed by atoms with Gasteiger partial charge in [-0.05, 0) is 44.9 Å². The standard InChI is InChI=1S/C14H25NO4/c1-14(4-5-14)19-13(18)15-6-2-11(3-7-15)8-12(9-16)10-17/h11-12,16-17H,2-10H2,1H3. The molecule has 0 spiro atoms. The molecule has 5 heteroatoms. The highest BCUT2D eigenvalue weighted by Crippen LogP contribution is 2.39. The van der Waals surface area contributed by atoms with E-state index in [0.29, 0.717) is 5.92 Å². The maximum atomic E-state index is 11.9. The van der Waals surface area contributed by atoms with Gasteiger partial charge in [-0.15, -0.1) is 0 Å². The lowest BCUT2D eigenvalue weighted by molar-refractivity contribution is 0.0447. The number of carbonyl (C=O) groups excluding carboxylic acids is 1. The van der Waals surface area contributed by atoms with Crippen molar-refractivity contribution in [3.63, 3.8) is 0 Å². The summed E-state index contributed by atoms with van der Waals surface area (Å²) in [5.74, 6) is 0.471. The summed E-state index contributed by atoms with van der Waals surface area (Å²) in [6.07, 6.45) is 4.48. The van der Waals surface area contributed by atoms with Gasteiger partial charge in [0.15, 0.2) is 0 Å². The van der Waals surface area contributed by atoms with Crippen LogP contribution in [-0.4, -0.2) is 53.1 Å². The van der Waals surface area contributed by atoms with Crippen LogP contribution < -0.4 is 0 Å². The van der Waals surface area contributed by atoms with E-state index < -0.39 is 0 Å². The summed E-state index contributed by atoms with van der Waals surface area (Å²) in [5.41, 5.74) is -0.202. The molecule has 1 aliphatic carbocycles. The Balaban J connectivity index is 1.71. The van der Waals surface area contributed by atoms with Crippen LogP contribution in [0.25, 0.3) is 0 Å². The molecule has 2 aliphatic rings. The number of aliphatic hydroxyl groups excluding tert-OH is 2. The van der Waals surface area contributed by atoms with E-state index in [4.69, 9.17) is 14.9 Å². The van der Waals surface area contributed by atoms with E-state index in [-0.39, 0.29) is 30.8 Å². The van der Waals surface area contributed by atoms with Gasteiger partial charge in [0, 0.05) is 32.2 Å². The molecule has 0 aromatic carbocycles. The second-order valence-electron chi connectivity index (χ2n) is 6.22. The number of piperidine rings is 1. The topological polar surface area (TPSA) is 70.0 Å². The summed E-state index contributed by atoms with van der Waals surface area (Å²) in [7, 11) is 0. The molecule has 1 heterocycles. The number of nitrogens with zero attached hydrogens (tertiary/aromatic N) is 1. The fourth-order valence-electron chi connectivity index (χ4n) is 2.58. The maximum absolute atomic E-state index is 11.9. The molecule has 5 nitrogen and oxygen atoms in total. The van der Waals surface area contributed by atoms with Crippen LogP contribution in [0.15, 0.2) is 0 Å². The number of likely N-dealkylation sites (tertiary alicyclic amines) is 1. The van der Waals surface area contributed by atoms with E-state index >= 15 is 0 Å². The van der Waals surface area contributed by atoms with Crippen LogP contribution in [-0.2, 0) is 4.74 Å². The molecule has 0 unspecified atom stereocenters. The van der Waals surface area contributed by atoms with Crippen LogP contribution in [0.3, 0.4) is 0 Å². The first kappa shape index (κ1) is 14.6. The van der Waals surface area contributed by atoms with Gasteiger partial charge in [0.1, 0.15) is 5.60 Å². The molecule has 0 aromatic rings. The molecule has 0 radical (unpaired) electrons. The van der Waals surface area contributed by atoms with Crippen molar-refractivity contribution in [3.8, 4) is 0 Å². The number of rotatable bonds is 5. The molecule has 0 aromatic heterocycles. The first-order valence-corrected chi connectivity index (χ1v) is 7.26. The Labute approximate surface area is 114 Å². The Kier molecular flexibility index (Phi) is 4.68. The predicted octanol–water partition coefficient (Wildman–Crippen LogP) is 1.38. The number of carbonyl (C=O) groups is 1. The molecule has 1 aliphatic heterocycles. The van der Waals surface area contributed by atoms with Gasteiger partial charge >= 0.3 is 6.09 Å². The molecule has 19 heavy (non-hydrogen) atoms. The highest BCUT2D eigenvalue weighted by atomic mass is 16.6. The van der Waals surface area contributed by atoms with Crippen molar-refractivity contribution >= 4 is 6.09 Å². The van der Waals surface area contributed by atoms with Crippen molar-refractivity contribution in [1.29, 1.82) is 0 Å². The maximum Gasteiger partial charge on any atom is 0.410 e. The number of ether oxygens (including phenoxy) is 1. The Bertz CT molecular complexity index is 305. The number of hydrogen-bond donors (Lipinski definition) is 2. The smallest absolute Gasteiger partial charge is 0.410 e. The van der Waals surface area contributed by atoms with Gasteiger partial charge in [-0.2, -0.15) is 0 Å². The van der Waals surface area contributed by atoms with Crippen molar-refractivity contribution in [2.45, 2.75) is 44.6 Å². The van der Waals surface area contributed by atoms with Crippen molar-refractivity contribution in [3.05, 3.63) is 0 Å². The molecular formula is C14H25NO4. The van der Waals surface area contributed by atoms with Gasteiger partial charge in [-0.25, -0.2) is 4.79 Å². The number of amides is 1. The SMILES string of the molecule is CC1(OC(=O)N2CCC(CC(CO)CO)CC2)CC1. The number of aliphatic hydroxyl groups is 2. The van der Waals surface area contributed by atoms with Crippen LogP contribution in [0.2, 0.25) is 0 Å². The monoisotopic (exact) mass is 271 g/mol. The zero-order valence-corrected chi connectivity index (χ0v) is 11.7. The Morgan fingerprint density at radius 1 is 1.32 bits per heavy atom. The van der Waals surface area contributed by atoms with Crippen LogP contribution in [0, 0.1) is 11.8 Å². The molecule has 2 N–H and O–H groups in total. The van der Waals surface area contributed by atoms with E-state index in [0.717, 1.165) is 45.2 Å². The molecule has 0 atom stereocenters. The zero-order valence-electron chi connectivity index (χ0n) is 11.7. The highest BCUT2D eigenvalue weighted by Gasteiger charge is 2.43. The van der Waals surface area contributed by atoms with Gasteiger partial charge in [-0.3, -0.25) is 0 Å². The second-order valence-corrected chi connectivity index (χ2v) is 6.22. The fourth-order valence-corrected chi connectivity index (χ4v) is 2.58. The summed E-state index contributed by atoms with van der Waals surface area (Å²) >= 11 is 0. The minimum atomic E-state index is -0.202.